The van der Waals surface area contributed by atoms with Gasteiger partial charge in [-0.1, -0.05) is 29.8 Å². The minimum Gasteiger partial charge on any atom is -0.245 e. The molecule has 0 saturated heterocycles. The molecule has 0 aliphatic heterocycles. The number of halogens is 1. The summed E-state index contributed by atoms with van der Waals surface area (Å²) in [6.07, 6.45) is 3.32. The van der Waals surface area contributed by atoms with Crippen LogP contribution in [0.1, 0.15) is 5.56 Å². The molecule has 0 unspecified atom stereocenters. The average Bonchev–Trinajstić information content (AvgIpc) is 2.45. The molecule has 2 heterocycles. The van der Waals surface area contributed by atoms with E-state index in [0.29, 0.717) is 5.15 Å². The molecule has 3 aromatic rings. The van der Waals surface area contributed by atoms with Crippen LogP contribution in [0.15, 0.2) is 53.9 Å². The van der Waals surface area contributed by atoms with Crippen molar-refractivity contribution in [1.82, 2.24) is 15.0 Å². The highest BCUT2D eigenvalue weighted by Crippen LogP contribution is 2.27. The van der Waals surface area contributed by atoms with Crippen LogP contribution in [0.2, 0.25) is 5.15 Å². The zero-order chi connectivity index (χ0) is 13.1. The van der Waals surface area contributed by atoms with Gasteiger partial charge in [-0.05, 0) is 23.8 Å². The van der Waals surface area contributed by atoms with Crippen molar-refractivity contribution in [1.29, 1.82) is 0 Å². The summed E-state index contributed by atoms with van der Waals surface area (Å²) in [5, 5.41) is 2.58. The lowest BCUT2D eigenvalue weighted by Crippen LogP contribution is -1.88. The molecule has 3 rings (SSSR count). The molecule has 0 atom stereocenters. The Morgan fingerprint density at radius 3 is 2.84 bits per heavy atom. The van der Waals surface area contributed by atoms with Crippen LogP contribution in [-0.4, -0.2) is 15.0 Å². The number of thioether (sulfide) groups is 1. The fourth-order valence-electron chi connectivity index (χ4n) is 1.78. The normalized spacial score (nSPS) is 10.8. The van der Waals surface area contributed by atoms with Gasteiger partial charge in [0.15, 0.2) is 0 Å². The van der Waals surface area contributed by atoms with Gasteiger partial charge in [-0.25, -0.2) is 15.0 Å². The second kappa shape index (κ2) is 5.55. The first kappa shape index (κ1) is 12.4. The summed E-state index contributed by atoms with van der Waals surface area (Å²) in [7, 11) is 0. The number of pyridine rings is 1. The zero-order valence-electron chi connectivity index (χ0n) is 9.95. The molecular weight excluding hydrogens is 278 g/mol. The molecule has 0 aliphatic rings. The predicted molar refractivity (Wildman–Crippen MR) is 78.3 cm³/mol. The molecule has 0 amide bonds. The molecule has 2 aromatic heterocycles. The summed E-state index contributed by atoms with van der Waals surface area (Å²) in [4.78, 5) is 12.6. The standard InChI is InChI=1S/C14H10ClN3S/c15-13-7-10(5-6-16-13)8-19-14-11-3-1-2-4-12(11)17-9-18-14/h1-7,9H,8H2. The van der Waals surface area contributed by atoms with E-state index in [4.69, 9.17) is 11.6 Å². The Hall–Kier alpha value is -1.65. The zero-order valence-corrected chi connectivity index (χ0v) is 11.5. The smallest absolute Gasteiger partial charge is 0.129 e. The van der Waals surface area contributed by atoms with Gasteiger partial charge in [0.1, 0.15) is 16.5 Å². The molecule has 94 valence electrons. The van der Waals surface area contributed by atoms with Gasteiger partial charge >= 0.3 is 0 Å². The maximum atomic E-state index is 5.88. The van der Waals surface area contributed by atoms with E-state index < -0.39 is 0 Å². The van der Waals surface area contributed by atoms with Crippen molar-refractivity contribution in [2.24, 2.45) is 0 Å². The largest absolute Gasteiger partial charge is 0.245 e. The summed E-state index contributed by atoms with van der Waals surface area (Å²) in [5.74, 6) is 0.809. The summed E-state index contributed by atoms with van der Waals surface area (Å²) in [5.41, 5.74) is 2.10. The molecule has 0 radical (unpaired) electrons. The Kier molecular flexibility index (Phi) is 3.62. The van der Waals surface area contributed by atoms with Crippen molar-refractivity contribution >= 4 is 34.3 Å². The third-order valence-corrected chi connectivity index (χ3v) is 3.96. The van der Waals surface area contributed by atoms with Crippen molar-refractivity contribution in [2.45, 2.75) is 10.8 Å². The highest BCUT2D eigenvalue weighted by molar-refractivity contribution is 7.98. The molecule has 0 saturated carbocycles. The van der Waals surface area contributed by atoms with Crippen LogP contribution in [0.5, 0.6) is 0 Å². The number of hydrogen-bond donors (Lipinski definition) is 0. The van der Waals surface area contributed by atoms with E-state index in [-0.39, 0.29) is 0 Å². The second-order valence-corrected chi connectivity index (χ2v) is 5.32. The molecule has 0 spiro atoms. The molecule has 0 aliphatic carbocycles. The second-order valence-electron chi connectivity index (χ2n) is 3.97. The van der Waals surface area contributed by atoms with Crippen molar-refractivity contribution in [2.75, 3.05) is 0 Å². The van der Waals surface area contributed by atoms with E-state index in [0.717, 1.165) is 27.2 Å². The summed E-state index contributed by atoms with van der Waals surface area (Å²) >= 11 is 7.55. The van der Waals surface area contributed by atoms with Crippen molar-refractivity contribution < 1.29 is 0 Å². The molecule has 5 heteroatoms. The van der Waals surface area contributed by atoms with Crippen molar-refractivity contribution in [3.63, 3.8) is 0 Å². The molecule has 0 fully saturated rings. The number of fused-ring (bicyclic) bond motifs is 1. The summed E-state index contributed by atoms with van der Waals surface area (Å²) < 4.78 is 0. The monoisotopic (exact) mass is 287 g/mol. The van der Waals surface area contributed by atoms with Crippen LogP contribution in [0.3, 0.4) is 0 Å². The van der Waals surface area contributed by atoms with E-state index in [1.165, 1.54) is 0 Å². The van der Waals surface area contributed by atoms with Gasteiger partial charge in [0.25, 0.3) is 0 Å². The van der Waals surface area contributed by atoms with Crippen LogP contribution < -0.4 is 0 Å². The van der Waals surface area contributed by atoms with E-state index >= 15 is 0 Å². The Bertz CT molecular complexity index is 712. The Morgan fingerprint density at radius 1 is 1.05 bits per heavy atom. The van der Waals surface area contributed by atoms with Gasteiger partial charge in [0.05, 0.1) is 5.52 Å². The molecular formula is C14H10ClN3S. The minimum atomic E-state index is 0.519. The minimum absolute atomic E-state index is 0.519. The first-order valence-electron chi connectivity index (χ1n) is 5.76. The molecule has 0 N–H and O–H groups in total. The topological polar surface area (TPSA) is 38.7 Å². The quantitative estimate of drug-likeness (QED) is 0.415. The fraction of sp³-hybridized carbons (Fsp3) is 0.0714. The number of aromatic nitrogens is 3. The van der Waals surface area contributed by atoms with Crippen LogP contribution in [0, 0.1) is 0 Å². The van der Waals surface area contributed by atoms with E-state index in [1.807, 2.05) is 36.4 Å². The SMILES string of the molecule is Clc1cc(CSc2ncnc3ccccc23)ccn1. The van der Waals surface area contributed by atoms with Gasteiger partial charge in [0.2, 0.25) is 0 Å². The maximum absolute atomic E-state index is 5.88. The van der Waals surface area contributed by atoms with Crippen LogP contribution in [0.4, 0.5) is 0 Å². The first-order chi connectivity index (χ1) is 9.33. The number of hydrogen-bond acceptors (Lipinski definition) is 4. The van der Waals surface area contributed by atoms with E-state index in [2.05, 4.69) is 15.0 Å². The molecule has 19 heavy (non-hydrogen) atoms. The highest BCUT2D eigenvalue weighted by atomic mass is 35.5. The highest BCUT2D eigenvalue weighted by Gasteiger charge is 2.04. The van der Waals surface area contributed by atoms with Gasteiger partial charge in [0, 0.05) is 17.3 Å². The maximum Gasteiger partial charge on any atom is 0.129 e. The van der Waals surface area contributed by atoms with Gasteiger partial charge in [-0.15, -0.1) is 11.8 Å². The molecule has 0 bridgehead atoms. The van der Waals surface area contributed by atoms with Gasteiger partial charge in [-0.3, -0.25) is 0 Å². The Labute approximate surface area is 120 Å². The van der Waals surface area contributed by atoms with E-state index in [1.54, 1.807) is 24.3 Å². The Balaban J connectivity index is 1.86. The lowest BCUT2D eigenvalue weighted by molar-refractivity contribution is 1.10. The first-order valence-corrected chi connectivity index (χ1v) is 7.12. The number of para-hydroxylation sites is 1. The van der Waals surface area contributed by atoms with E-state index in [9.17, 15) is 0 Å². The third-order valence-electron chi connectivity index (χ3n) is 2.67. The van der Waals surface area contributed by atoms with Crippen LogP contribution in [-0.2, 0) is 5.75 Å². The lowest BCUT2D eigenvalue weighted by atomic mass is 10.2. The number of benzene rings is 1. The van der Waals surface area contributed by atoms with Crippen molar-refractivity contribution in [3.8, 4) is 0 Å². The summed E-state index contributed by atoms with van der Waals surface area (Å²) in [6, 6.07) is 11.8. The van der Waals surface area contributed by atoms with Gasteiger partial charge in [-0.2, -0.15) is 0 Å². The lowest BCUT2D eigenvalue weighted by Gasteiger charge is -2.04. The number of rotatable bonds is 3. The third kappa shape index (κ3) is 2.85. The molecule has 1 aromatic carbocycles. The fourth-order valence-corrected chi connectivity index (χ4v) is 2.91. The molecule has 3 nitrogen and oxygen atoms in total. The Morgan fingerprint density at radius 2 is 1.95 bits per heavy atom. The summed E-state index contributed by atoms with van der Waals surface area (Å²) in [6.45, 7) is 0. The van der Waals surface area contributed by atoms with Crippen LogP contribution >= 0.6 is 23.4 Å². The number of nitrogens with zero attached hydrogens (tertiary/aromatic N) is 3. The average molecular weight is 288 g/mol. The predicted octanol–water partition coefficient (Wildman–Crippen LogP) is 3.97. The van der Waals surface area contributed by atoms with Gasteiger partial charge < -0.3 is 0 Å². The van der Waals surface area contributed by atoms with Crippen molar-refractivity contribution in [3.05, 3.63) is 59.6 Å². The van der Waals surface area contributed by atoms with Crippen LogP contribution in [0.25, 0.3) is 10.9 Å².